The minimum absolute atomic E-state index is 0.588. The van der Waals surface area contributed by atoms with Crippen LogP contribution in [0.2, 0.25) is 0 Å². The molecule has 0 aromatic heterocycles. The van der Waals surface area contributed by atoms with Crippen LogP contribution in [0.3, 0.4) is 0 Å². The van der Waals surface area contributed by atoms with Gasteiger partial charge in [0.05, 0.1) is 6.61 Å². The molecule has 2 nitrogen and oxygen atoms in total. The molecular formula is C16H26BrNO. The Bertz CT molecular complexity index is 367. The lowest BCUT2D eigenvalue weighted by Crippen LogP contribution is -2.23. The Kier molecular flexibility index (Phi) is 7.47. The van der Waals surface area contributed by atoms with Crippen LogP contribution in [0.15, 0.2) is 16.6 Å². The summed E-state index contributed by atoms with van der Waals surface area (Å²) in [5.41, 5.74) is 2.47. The lowest BCUT2D eigenvalue weighted by Gasteiger charge is -2.10. The molecule has 19 heavy (non-hydrogen) atoms. The van der Waals surface area contributed by atoms with Gasteiger partial charge in [0.15, 0.2) is 0 Å². The van der Waals surface area contributed by atoms with E-state index in [0.29, 0.717) is 6.04 Å². The fourth-order valence-corrected chi connectivity index (χ4v) is 2.20. The van der Waals surface area contributed by atoms with Crippen LogP contribution in [0.25, 0.3) is 0 Å². The van der Waals surface area contributed by atoms with Crippen molar-refractivity contribution in [3.8, 4) is 5.75 Å². The summed E-state index contributed by atoms with van der Waals surface area (Å²) in [6.07, 6.45) is 3.56. The molecule has 0 fully saturated rings. The lowest BCUT2D eigenvalue weighted by atomic mass is 10.1. The summed E-state index contributed by atoms with van der Waals surface area (Å²) >= 11 is 3.57. The summed E-state index contributed by atoms with van der Waals surface area (Å²) in [5.74, 6) is 0.985. The van der Waals surface area contributed by atoms with Crippen molar-refractivity contribution in [2.75, 3.05) is 13.2 Å². The Hall–Kier alpha value is -0.540. The maximum atomic E-state index is 5.81. The Morgan fingerprint density at radius 3 is 2.32 bits per heavy atom. The van der Waals surface area contributed by atoms with E-state index in [9.17, 15) is 0 Å². The molecule has 0 spiro atoms. The largest absolute Gasteiger partial charge is 0.494 e. The van der Waals surface area contributed by atoms with E-state index in [1.54, 1.807) is 0 Å². The summed E-state index contributed by atoms with van der Waals surface area (Å²) in [4.78, 5) is 0. The minimum atomic E-state index is 0.588. The Morgan fingerprint density at radius 1 is 1.11 bits per heavy atom. The van der Waals surface area contributed by atoms with E-state index in [0.717, 1.165) is 25.3 Å². The van der Waals surface area contributed by atoms with Gasteiger partial charge < -0.3 is 10.1 Å². The van der Waals surface area contributed by atoms with Gasteiger partial charge in [-0.25, -0.2) is 0 Å². The van der Waals surface area contributed by atoms with Gasteiger partial charge in [-0.2, -0.15) is 0 Å². The molecule has 0 saturated carbocycles. The van der Waals surface area contributed by atoms with Crippen molar-refractivity contribution >= 4 is 15.9 Å². The monoisotopic (exact) mass is 327 g/mol. The van der Waals surface area contributed by atoms with Crippen LogP contribution in [0.5, 0.6) is 5.75 Å². The second-order valence-electron chi connectivity index (χ2n) is 5.39. The zero-order chi connectivity index (χ0) is 14.3. The molecule has 1 N–H and O–H groups in total. The normalized spacial score (nSPS) is 11.1. The van der Waals surface area contributed by atoms with E-state index in [4.69, 9.17) is 4.74 Å². The molecule has 0 radical (unpaired) electrons. The standard InChI is InChI=1S/C16H26BrNO/c1-12(2)18-8-6-5-7-9-19-15-10-13(3)16(17)14(4)11-15/h10-12,18H,5-9H2,1-4H3. The molecule has 1 rings (SSSR count). The molecule has 0 heterocycles. The molecule has 108 valence electrons. The smallest absolute Gasteiger partial charge is 0.119 e. The van der Waals surface area contributed by atoms with Crippen LogP contribution in [0.1, 0.15) is 44.2 Å². The van der Waals surface area contributed by atoms with Gasteiger partial charge in [0.2, 0.25) is 0 Å². The Balaban J connectivity index is 2.19. The summed E-state index contributed by atoms with van der Waals surface area (Å²) < 4.78 is 6.99. The number of halogens is 1. The quantitative estimate of drug-likeness (QED) is 0.704. The SMILES string of the molecule is Cc1cc(OCCCCCNC(C)C)cc(C)c1Br. The molecule has 0 aliphatic heterocycles. The highest BCUT2D eigenvalue weighted by Crippen LogP contribution is 2.26. The number of benzene rings is 1. The molecule has 3 heteroatoms. The third-order valence-corrected chi connectivity index (χ3v) is 4.30. The average Bonchev–Trinajstić information content (AvgIpc) is 2.34. The van der Waals surface area contributed by atoms with Crippen molar-refractivity contribution in [1.82, 2.24) is 5.32 Å². The molecule has 1 aromatic carbocycles. The summed E-state index contributed by atoms with van der Waals surface area (Å²) in [6.45, 7) is 10.5. The zero-order valence-corrected chi connectivity index (χ0v) is 14.1. The predicted molar refractivity (Wildman–Crippen MR) is 86.1 cm³/mol. The first-order valence-electron chi connectivity index (χ1n) is 7.13. The van der Waals surface area contributed by atoms with Crippen molar-refractivity contribution in [2.24, 2.45) is 0 Å². The molecule has 0 aliphatic carbocycles. The Labute approximate surface area is 126 Å². The summed E-state index contributed by atoms with van der Waals surface area (Å²) in [7, 11) is 0. The second-order valence-corrected chi connectivity index (χ2v) is 6.18. The lowest BCUT2D eigenvalue weighted by molar-refractivity contribution is 0.304. The average molecular weight is 328 g/mol. The van der Waals surface area contributed by atoms with E-state index in [1.165, 1.54) is 28.4 Å². The molecule has 0 aliphatic rings. The first-order chi connectivity index (χ1) is 9.00. The van der Waals surface area contributed by atoms with Gasteiger partial charge >= 0.3 is 0 Å². The van der Waals surface area contributed by atoms with E-state index in [-0.39, 0.29) is 0 Å². The van der Waals surface area contributed by atoms with E-state index in [2.05, 4.69) is 61.1 Å². The van der Waals surface area contributed by atoms with Crippen molar-refractivity contribution < 1.29 is 4.74 Å². The van der Waals surface area contributed by atoms with Crippen LogP contribution in [-0.2, 0) is 0 Å². The number of hydrogen-bond acceptors (Lipinski definition) is 2. The maximum Gasteiger partial charge on any atom is 0.119 e. The van der Waals surface area contributed by atoms with Gasteiger partial charge in [-0.15, -0.1) is 0 Å². The number of rotatable bonds is 8. The van der Waals surface area contributed by atoms with E-state index >= 15 is 0 Å². The first kappa shape index (κ1) is 16.5. The highest BCUT2D eigenvalue weighted by atomic mass is 79.9. The topological polar surface area (TPSA) is 21.3 Å². The van der Waals surface area contributed by atoms with Gasteiger partial charge in [-0.1, -0.05) is 29.8 Å². The second kappa shape index (κ2) is 8.60. The molecule has 0 atom stereocenters. The molecule has 0 saturated heterocycles. The first-order valence-corrected chi connectivity index (χ1v) is 7.93. The fourth-order valence-electron chi connectivity index (χ4n) is 1.97. The molecule has 1 aromatic rings. The summed E-state index contributed by atoms with van der Waals surface area (Å²) in [6, 6.07) is 4.78. The minimum Gasteiger partial charge on any atom is -0.494 e. The third kappa shape index (κ3) is 6.44. The van der Waals surface area contributed by atoms with Crippen molar-refractivity contribution in [3.63, 3.8) is 0 Å². The number of ether oxygens (including phenoxy) is 1. The van der Waals surface area contributed by atoms with Crippen molar-refractivity contribution in [1.29, 1.82) is 0 Å². The Morgan fingerprint density at radius 2 is 1.74 bits per heavy atom. The van der Waals surface area contributed by atoms with Crippen LogP contribution in [0.4, 0.5) is 0 Å². The van der Waals surface area contributed by atoms with E-state index in [1.807, 2.05) is 0 Å². The number of nitrogens with one attached hydrogen (secondary N) is 1. The van der Waals surface area contributed by atoms with Gasteiger partial charge in [0.25, 0.3) is 0 Å². The molecule has 0 bridgehead atoms. The van der Waals surface area contributed by atoms with Gasteiger partial charge in [0, 0.05) is 10.5 Å². The molecular weight excluding hydrogens is 302 g/mol. The third-order valence-electron chi connectivity index (χ3n) is 3.05. The molecule has 0 unspecified atom stereocenters. The van der Waals surface area contributed by atoms with Crippen LogP contribution < -0.4 is 10.1 Å². The van der Waals surface area contributed by atoms with E-state index < -0.39 is 0 Å². The zero-order valence-electron chi connectivity index (χ0n) is 12.6. The molecule has 0 amide bonds. The number of aryl methyl sites for hydroxylation is 2. The van der Waals surface area contributed by atoms with Crippen molar-refractivity contribution in [2.45, 2.75) is 53.0 Å². The maximum absolute atomic E-state index is 5.81. The highest BCUT2D eigenvalue weighted by molar-refractivity contribution is 9.10. The van der Waals surface area contributed by atoms with Gasteiger partial charge in [0.1, 0.15) is 5.75 Å². The van der Waals surface area contributed by atoms with Crippen LogP contribution in [-0.4, -0.2) is 19.2 Å². The van der Waals surface area contributed by atoms with Gasteiger partial charge in [-0.3, -0.25) is 0 Å². The van der Waals surface area contributed by atoms with Crippen molar-refractivity contribution in [3.05, 3.63) is 27.7 Å². The van der Waals surface area contributed by atoms with Crippen LogP contribution in [0, 0.1) is 13.8 Å². The van der Waals surface area contributed by atoms with Crippen LogP contribution >= 0.6 is 15.9 Å². The number of unbranched alkanes of at least 4 members (excludes halogenated alkanes) is 2. The summed E-state index contributed by atoms with van der Waals surface area (Å²) in [5, 5.41) is 3.43. The highest BCUT2D eigenvalue weighted by Gasteiger charge is 2.03. The number of hydrogen-bond donors (Lipinski definition) is 1. The predicted octanol–water partition coefficient (Wildman–Crippen LogP) is 4.61. The fraction of sp³-hybridized carbons (Fsp3) is 0.625. The van der Waals surface area contributed by atoms with Gasteiger partial charge in [-0.05, 0) is 62.9 Å².